The fraction of sp³-hybridized carbons (Fsp3) is 0.300. The van der Waals surface area contributed by atoms with E-state index in [2.05, 4.69) is 20.7 Å². The van der Waals surface area contributed by atoms with E-state index in [1.165, 1.54) is 17.4 Å². The average molecular weight is 414 g/mol. The summed E-state index contributed by atoms with van der Waals surface area (Å²) in [6.45, 7) is 6.04. The number of carbonyl (C=O) groups is 1. The van der Waals surface area contributed by atoms with Gasteiger partial charge in [0.1, 0.15) is 17.4 Å². The molecule has 0 aliphatic heterocycles. The van der Waals surface area contributed by atoms with Crippen LogP contribution in [-0.4, -0.2) is 28.4 Å². The van der Waals surface area contributed by atoms with Gasteiger partial charge < -0.3 is 14.0 Å². The average Bonchev–Trinajstić information content (AvgIpc) is 3.31. The summed E-state index contributed by atoms with van der Waals surface area (Å²) in [4.78, 5) is 12.1. The second-order valence-electron chi connectivity index (χ2n) is 6.18. The number of nitrogens with one attached hydrogen (secondary N) is 1. The summed E-state index contributed by atoms with van der Waals surface area (Å²) in [5.41, 5.74) is 2.51. The van der Waals surface area contributed by atoms with Crippen LogP contribution < -0.4 is 14.8 Å². The van der Waals surface area contributed by atoms with Gasteiger partial charge in [-0.3, -0.25) is 10.1 Å². The number of nitrogens with zero attached hydrogens (tertiary/aromatic N) is 3. The van der Waals surface area contributed by atoms with Crippen molar-refractivity contribution in [2.75, 3.05) is 12.4 Å². The molecule has 0 aliphatic rings. The number of ether oxygens (including phenoxy) is 2. The molecule has 152 valence electrons. The zero-order chi connectivity index (χ0) is 20.8. The van der Waals surface area contributed by atoms with E-state index < -0.39 is 0 Å². The number of aromatic nitrogens is 3. The van der Waals surface area contributed by atoms with Gasteiger partial charge in [0.15, 0.2) is 11.5 Å². The quantitative estimate of drug-likeness (QED) is 0.557. The van der Waals surface area contributed by atoms with Gasteiger partial charge in [0.05, 0.1) is 18.4 Å². The molecule has 1 aromatic carbocycles. The third-order valence-corrected chi connectivity index (χ3v) is 5.15. The van der Waals surface area contributed by atoms with Crippen LogP contribution in [-0.2, 0) is 17.8 Å². The topological polar surface area (TPSA) is 99.4 Å². The molecule has 0 spiro atoms. The molecule has 0 radical (unpaired) electrons. The van der Waals surface area contributed by atoms with Crippen molar-refractivity contribution in [2.24, 2.45) is 0 Å². The van der Waals surface area contributed by atoms with Crippen molar-refractivity contribution in [1.82, 2.24) is 15.4 Å². The highest BCUT2D eigenvalue weighted by Gasteiger charge is 2.12. The molecular weight excluding hydrogens is 392 g/mol. The Hall–Kier alpha value is -3.20. The standard InChI is InChI=1S/C20H22N4O4S/c1-5-19-22-23-20(29-19)21-18(25)9-7-14-6-8-16(17(10-14)26-4)27-11-15-12(2)24-28-13(15)3/h6-10H,5,11H2,1-4H3,(H,21,23,25)/b9-7+. The SMILES string of the molecule is CCc1nnc(NC(=O)/C=C/c2ccc(OCc3c(C)noc3C)c(OC)c2)s1. The maximum Gasteiger partial charge on any atom is 0.250 e. The maximum absolute atomic E-state index is 12.1. The van der Waals surface area contributed by atoms with Crippen LogP contribution in [0.5, 0.6) is 11.5 Å². The van der Waals surface area contributed by atoms with Gasteiger partial charge in [-0.15, -0.1) is 10.2 Å². The number of methoxy groups -OCH3 is 1. The molecule has 0 atom stereocenters. The van der Waals surface area contributed by atoms with Gasteiger partial charge in [-0.2, -0.15) is 0 Å². The molecule has 1 amide bonds. The molecule has 0 aliphatic carbocycles. The Bertz CT molecular complexity index is 1010. The maximum atomic E-state index is 12.1. The minimum Gasteiger partial charge on any atom is -0.493 e. The van der Waals surface area contributed by atoms with Crippen LogP contribution in [0.1, 0.15) is 34.5 Å². The summed E-state index contributed by atoms with van der Waals surface area (Å²) in [5, 5.41) is 15.9. The molecule has 2 aromatic heterocycles. The van der Waals surface area contributed by atoms with Crippen molar-refractivity contribution in [1.29, 1.82) is 0 Å². The molecule has 1 N–H and O–H groups in total. The summed E-state index contributed by atoms with van der Waals surface area (Å²) in [7, 11) is 1.57. The largest absolute Gasteiger partial charge is 0.493 e. The van der Waals surface area contributed by atoms with Crippen LogP contribution >= 0.6 is 11.3 Å². The minimum absolute atomic E-state index is 0.276. The predicted octanol–water partition coefficient (Wildman–Crippen LogP) is 3.94. The first-order valence-corrected chi connectivity index (χ1v) is 9.85. The van der Waals surface area contributed by atoms with E-state index in [1.54, 1.807) is 25.3 Å². The van der Waals surface area contributed by atoms with E-state index in [-0.39, 0.29) is 5.91 Å². The van der Waals surface area contributed by atoms with Crippen molar-refractivity contribution in [3.8, 4) is 11.5 Å². The lowest BCUT2D eigenvalue weighted by atomic mass is 10.2. The summed E-state index contributed by atoms with van der Waals surface area (Å²) >= 11 is 1.36. The molecule has 29 heavy (non-hydrogen) atoms. The van der Waals surface area contributed by atoms with Gasteiger partial charge in [-0.25, -0.2) is 0 Å². The molecule has 0 saturated heterocycles. The van der Waals surface area contributed by atoms with Crippen LogP contribution in [0.15, 0.2) is 28.8 Å². The van der Waals surface area contributed by atoms with Crippen molar-refractivity contribution in [3.63, 3.8) is 0 Å². The Morgan fingerprint density at radius 2 is 2.10 bits per heavy atom. The third-order valence-electron chi connectivity index (χ3n) is 4.17. The van der Waals surface area contributed by atoms with Gasteiger partial charge in [-0.1, -0.05) is 29.5 Å². The van der Waals surface area contributed by atoms with E-state index in [1.807, 2.05) is 26.8 Å². The summed E-state index contributed by atoms with van der Waals surface area (Å²) in [6.07, 6.45) is 3.91. The molecule has 8 nitrogen and oxygen atoms in total. The summed E-state index contributed by atoms with van der Waals surface area (Å²) in [6, 6.07) is 5.44. The molecular formula is C20H22N4O4S. The van der Waals surface area contributed by atoms with Gasteiger partial charge in [-0.05, 0) is 44.0 Å². The van der Waals surface area contributed by atoms with Crippen LogP contribution in [0.25, 0.3) is 6.08 Å². The molecule has 0 unspecified atom stereocenters. The lowest BCUT2D eigenvalue weighted by Crippen LogP contribution is -2.07. The van der Waals surface area contributed by atoms with E-state index >= 15 is 0 Å². The number of rotatable bonds is 8. The highest BCUT2D eigenvalue weighted by molar-refractivity contribution is 7.15. The third kappa shape index (κ3) is 5.20. The molecule has 9 heteroatoms. The van der Waals surface area contributed by atoms with Crippen molar-refractivity contribution in [2.45, 2.75) is 33.8 Å². The number of amides is 1. The second kappa shape index (κ2) is 9.33. The molecule has 0 fully saturated rings. The highest BCUT2D eigenvalue weighted by Crippen LogP contribution is 2.30. The number of benzene rings is 1. The molecule has 0 bridgehead atoms. The van der Waals surface area contributed by atoms with Gasteiger partial charge >= 0.3 is 0 Å². The Kier molecular flexibility index (Phi) is 6.61. The highest BCUT2D eigenvalue weighted by atomic mass is 32.1. The molecule has 2 heterocycles. The summed E-state index contributed by atoms with van der Waals surface area (Å²) in [5.74, 6) is 1.61. The lowest BCUT2D eigenvalue weighted by Gasteiger charge is -2.11. The predicted molar refractivity (Wildman–Crippen MR) is 110 cm³/mol. The summed E-state index contributed by atoms with van der Waals surface area (Å²) < 4.78 is 16.4. The Morgan fingerprint density at radius 1 is 1.28 bits per heavy atom. The Balaban J connectivity index is 1.64. The normalized spacial score (nSPS) is 11.0. The number of anilines is 1. The van der Waals surface area contributed by atoms with Gasteiger partial charge in [0, 0.05) is 6.08 Å². The zero-order valence-corrected chi connectivity index (χ0v) is 17.5. The van der Waals surface area contributed by atoms with Crippen molar-refractivity contribution < 1.29 is 18.8 Å². The molecule has 0 saturated carbocycles. The van der Waals surface area contributed by atoms with Crippen molar-refractivity contribution >= 4 is 28.5 Å². The number of hydrogen-bond acceptors (Lipinski definition) is 8. The van der Waals surface area contributed by atoms with Crippen LogP contribution in [0, 0.1) is 13.8 Å². The van der Waals surface area contributed by atoms with E-state index in [0.29, 0.717) is 23.2 Å². The Labute approximate surface area is 172 Å². The fourth-order valence-corrected chi connectivity index (χ4v) is 3.21. The number of hydrogen-bond donors (Lipinski definition) is 1. The number of aryl methyl sites for hydroxylation is 3. The molecule has 3 rings (SSSR count). The zero-order valence-electron chi connectivity index (χ0n) is 16.7. The van der Waals surface area contributed by atoms with E-state index in [0.717, 1.165) is 34.0 Å². The first-order chi connectivity index (χ1) is 14.0. The Morgan fingerprint density at radius 3 is 2.76 bits per heavy atom. The van der Waals surface area contributed by atoms with Gasteiger partial charge in [0.2, 0.25) is 11.0 Å². The minimum atomic E-state index is -0.276. The second-order valence-corrected chi connectivity index (χ2v) is 7.24. The monoisotopic (exact) mass is 414 g/mol. The fourth-order valence-electron chi connectivity index (χ4n) is 2.53. The van der Waals surface area contributed by atoms with Crippen LogP contribution in [0.3, 0.4) is 0 Å². The first-order valence-electron chi connectivity index (χ1n) is 9.04. The smallest absolute Gasteiger partial charge is 0.250 e. The lowest BCUT2D eigenvalue weighted by molar-refractivity contribution is -0.111. The van der Waals surface area contributed by atoms with Crippen LogP contribution in [0.2, 0.25) is 0 Å². The number of carbonyl (C=O) groups excluding carboxylic acids is 1. The van der Waals surface area contributed by atoms with Crippen molar-refractivity contribution in [3.05, 3.63) is 51.9 Å². The van der Waals surface area contributed by atoms with Crippen LogP contribution in [0.4, 0.5) is 5.13 Å². The first kappa shape index (κ1) is 20.5. The van der Waals surface area contributed by atoms with E-state index in [4.69, 9.17) is 14.0 Å². The van der Waals surface area contributed by atoms with Gasteiger partial charge in [0.25, 0.3) is 0 Å². The van der Waals surface area contributed by atoms with E-state index in [9.17, 15) is 4.79 Å². The molecule has 3 aromatic rings.